The molecule has 0 saturated heterocycles. The molecule has 1 atom stereocenters. The number of fused-ring (bicyclic) bond motifs is 1. The molecule has 0 saturated carbocycles. The molecule has 202 valence electrons. The summed E-state index contributed by atoms with van der Waals surface area (Å²) in [4.78, 5) is 19.2. The van der Waals surface area contributed by atoms with Crippen molar-refractivity contribution in [3.8, 4) is 17.6 Å². The van der Waals surface area contributed by atoms with Gasteiger partial charge in [0.2, 0.25) is 5.82 Å². The Morgan fingerprint density at radius 1 is 1.12 bits per heavy atom. The SMILES string of the molecule is CN1C(=S)[C@@H](NC(=O)c2n[nH]c(Cc3ccccc3)n2)COc2ccc(C#Cc3ccccc3C(F)(F)F)cc21. The molecule has 0 aliphatic carbocycles. The van der Waals surface area contributed by atoms with E-state index >= 15 is 0 Å². The first-order chi connectivity index (χ1) is 19.2. The molecule has 5 rings (SSSR count). The molecule has 1 aromatic heterocycles. The molecule has 0 bridgehead atoms. The van der Waals surface area contributed by atoms with Crippen molar-refractivity contribution in [1.82, 2.24) is 20.5 Å². The number of ether oxygens (including phenoxy) is 1. The number of alkyl halides is 3. The van der Waals surface area contributed by atoms with Crippen LogP contribution in [0.2, 0.25) is 0 Å². The number of carbonyl (C=O) groups excluding carboxylic acids is 1. The van der Waals surface area contributed by atoms with Crippen LogP contribution in [0.5, 0.6) is 5.75 Å². The number of amides is 1. The van der Waals surface area contributed by atoms with Gasteiger partial charge in [-0.05, 0) is 35.9 Å². The van der Waals surface area contributed by atoms with Crippen molar-refractivity contribution in [2.75, 3.05) is 18.6 Å². The Hall–Kier alpha value is -4.69. The standard InChI is InChI=1S/C29H22F3N5O2S/c1-37-23-15-19(11-13-20-9-5-6-10-21(20)29(30,31)32)12-14-24(23)39-17-22(28(37)40)33-27(38)26-34-25(35-36-26)16-18-7-3-2-4-8-18/h2-10,12,14-15,22H,16-17H2,1H3,(H,33,38)(H,34,35,36)/t22-/m0/s1. The molecule has 1 aliphatic rings. The monoisotopic (exact) mass is 561 g/mol. The summed E-state index contributed by atoms with van der Waals surface area (Å²) < 4.78 is 45.9. The molecule has 40 heavy (non-hydrogen) atoms. The number of hydrogen-bond donors (Lipinski definition) is 2. The molecular weight excluding hydrogens is 539 g/mol. The average molecular weight is 562 g/mol. The number of halogens is 3. The number of thiocarbonyl (C=S) groups is 1. The van der Waals surface area contributed by atoms with Crippen LogP contribution in [0.25, 0.3) is 0 Å². The average Bonchev–Trinajstić information content (AvgIpc) is 3.38. The van der Waals surface area contributed by atoms with Crippen LogP contribution in [0.3, 0.4) is 0 Å². The van der Waals surface area contributed by atoms with Crippen LogP contribution in [-0.4, -0.2) is 45.8 Å². The van der Waals surface area contributed by atoms with Gasteiger partial charge in [0.1, 0.15) is 29.2 Å². The van der Waals surface area contributed by atoms with E-state index in [2.05, 4.69) is 32.3 Å². The fourth-order valence-corrected chi connectivity index (χ4v) is 4.37. The summed E-state index contributed by atoms with van der Waals surface area (Å²) in [5.41, 5.74) is 1.16. The molecule has 0 fully saturated rings. The van der Waals surface area contributed by atoms with E-state index in [4.69, 9.17) is 17.0 Å². The molecule has 1 amide bonds. The molecule has 0 unspecified atom stereocenters. The van der Waals surface area contributed by atoms with Crippen molar-refractivity contribution in [2.24, 2.45) is 0 Å². The second kappa shape index (κ2) is 11.2. The van der Waals surface area contributed by atoms with Crippen LogP contribution in [0.1, 0.15) is 38.7 Å². The lowest BCUT2D eigenvalue weighted by Gasteiger charge is -2.23. The van der Waals surface area contributed by atoms with Gasteiger partial charge in [-0.25, -0.2) is 4.98 Å². The first kappa shape index (κ1) is 26.9. The topological polar surface area (TPSA) is 83.1 Å². The summed E-state index contributed by atoms with van der Waals surface area (Å²) >= 11 is 5.64. The molecule has 11 heteroatoms. The zero-order chi connectivity index (χ0) is 28.3. The first-order valence-corrected chi connectivity index (χ1v) is 12.6. The Kier molecular flexibility index (Phi) is 7.53. The van der Waals surface area contributed by atoms with E-state index in [0.29, 0.717) is 34.2 Å². The minimum Gasteiger partial charge on any atom is -0.489 e. The van der Waals surface area contributed by atoms with Gasteiger partial charge in [0.15, 0.2) is 0 Å². The predicted molar refractivity (Wildman–Crippen MR) is 147 cm³/mol. The maximum Gasteiger partial charge on any atom is 0.417 e. The van der Waals surface area contributed by atoms with Crippen LogP contribution in [0, 0.1) is 11.8 Å². The highest BCUT2D eigenvalue weighted by Gasteiger charge is 2.33. The lowest BCUT2D eigenvalue weighted by Crippen LogP contribution is -2.48. The number of H-pyrrole nitrogens is 1. The van der Waals surface area contributed by atoms with Crippen molar-refractivity contribution < 1.29 is 22.7 Å². The van der Waals surface area contributed by atoms with Gasteiger partial charge < -0.3 is 15.0 Å². The predicted octanol–water partition coefficient (Wildman–Crippen LogP) is 4.77. The lowest BCUT2D eigenvalue weighted by atomic mass is 10.1. The zero-order valence-electron chi connectivity index (χ0n) is 21.1. The Labute approximate surface area is 233 Å². The Morgan fingerprint density at radius 3 is 2.65 bits per heavy atom. The molecule has 4 aromatic rings. The van der Waals surface area contributed by atoms with E-state index in [1.54, 1.807) is 30.1 Å². The summed E-state index contributed by atoms with van der Waals surface area (Å²) in [5.74, 6) is 5.93. The van der Waals surface area contributed by atoms with Gasteiger partial charge in [0.05, 0.1) is 11.3 Å². The zero-order valence-corrected chi connectivity index (χ0v) is 21.9. The molecule has 0 spiro atoms. The Morgan fingerprint density at radius 2 is 1.88 bits per heavy atom. The summed E-state index contributed by atoms with van der Waals surface area (Å²) in [5, 5.41) is 9.64. The quantitative estimate of drug-likeness (QED) is 0.276. The molecule has 2 N–H and O–H groups in total. The number of benzene rings is 3. The maximum absolute atomic E-state index is 13.3. The summed E-state index contributed by atoms with van der Waals surface area (Å²) in [7, 11) is 1.72. The third-order valence-electron chi connectivity index (χ3n) is 6.18. The van der Waals surface area contributed by atoms with E-state index in [-0.39, 0.29) is 18.0 Å². The second-order valence-electron chi connectivity index (χ2n) is 8.98. The van der Waals surface area contributed by atoms with E-state index in [1.165, 1.54) is 18.2 Å². The summed E-state index contributed by atoms with van der Waals surface area (Å²) in [6.07, 6.45) is -4.01. The van der Waals surface area contributed by atoms with Crippen molar-refractivity contribution in [1.29, 1.82) is 0 Å². The first-order valence-electron chi connectivity index (χ1n) is 12.2. The maximum atomic E-state index is 13.3. The highest BCUT2D eigenvalue weighted by atomic mass is 32.1. The van der Waals surface area contributed by atoms with E-state index in [9.17, 15) is 18.0 Å². The van der Waals surface area contributed by atoms with Gasteiger partial charge in [-0.2, -0.15) is 13.2 Å². The number of carbonyl (C=O) groups is 1. The molecule has 2 heterocycles. The van der Waals surface area contributed by atoms with E-state index in [0.717, 1.165) is 11.6 Å². The fraction of sp³-hybridized carbons (Fsp3) is 0.172. The Bertz CT molecular complexity index is 1630. The van der Waals surface area contributed by atoms with E-state index in [1.807, 2.05) is 30.3 Å². The number of likely N-dealkylation sites (N-methyl/N-ethyl adjacent to an activating group) is 1. The van der Waals surface area contributed by atoms with Gasteiger partial charge in [-0.15, -0.1) is 5.10 Å². The highest BCUT2D eigenvalue weighted by molar-refractivity contribution is 7.80. The second-order valence-corrected chi connectivity index (χ2v) is 9.40. The number of hydrogen-bond acceptors (Lipinski definition) is 5. The number of anilines is 1. The summed E-state index contributed by atoms with van der Waals surface area (Å²) in [6, 6.07) is 19.2. The van der Waals surface area contributed by atoms with Gasteiger partial charge in [0, 0.05) is 24.6 Å². The van der Waals surface area contributed by atoms with Crippen LogP contribution in [0.15, 0.2) is 72.8 Å². The molecule has 3 aromatic carbocycles. The number of aromatic amines is 1. The third kappa shape index (κ3) is 5.97. The fourth-order valence-electron chi connectivity index (χ4n) is 4.15. The number of nitrogens with zero attached hydrogens (tertiary/aromatic N) is 3. The van der Waals surface area contributed by atoms with Crippen LogP contribution < -0.4 is 15.0 Å². The van der Waals surface area contributed by atoms with Crippen LogP contribution in [-0.2, 0) is 12.6 Å². The normalized spacial score (nSPS) is 14.8. The van der Waals surface area contributed by atoms with Gasteiger partial charge in [-0.3, -0.25) is 9.89 Å². The smallest absolute Gasteiger partial charge is 0.417 e. The lowest BCUT2D eigenvalue weighted by molar-refractivity contribution is -0.137. The van der Waals surface area contributed by atoms with Crippen LogP contribution >= 0.6 is 12.2 Å². The molecule has 7 nitrogen and oxygen atoms in total. The largest absolute Gasteiger partial charge is 0.489 e. The van der Waals surface area contributed by atoms with Crippen molar-refractivity contribution in [3.05, 3.63) is 107 Å². The van der Waals surface area contributed by atoms with Crippen LogP contribution in [0.4, 0.5) is 18.9 Å². The highest BCUT2D eigenvalue weighted by Crippen LogP contribution is 2.33. The van der Waals surface area contributed by atoms with Gasteiger partial charge in [0.25, 0.3) is 5.91 Å². The van der Waals surface area contributed by atoms with Crippen molar-refractivity contribution in [3.63, 3.8) is 0 Å². The summed E-state index contributed by atoms with van der Waals surface area (Å²) in [6.45, 7) is 0.0627. The Balaban J connectivity index is 1.30. The number of aromatic nitrogens is 3. The number of nitrogens with one attached hydrogen (secondary N) is 2. The molecule has 1 aliphatic heterocycles. The number of rotatable bonds is 4. The van der Waals surface area contributed by atoms with Crippen molar-refractivity contribution in [2.45, 2.75) is 18.6 Å². The third-order valence-corrected chi connectivity index (χ3v) is 6.74. The molecule has 0 radical (unpaired) electrons. The minimum absolute atomic E-state index is 0.0187. The van der Waals surface area contributed by atoms with Gasteiger partial charge >= 0.3 is 6.18 Å². The molecular formula is C29H22F3N5O2S. The van der Waals surface area contributed by atoms with Crippen molar-refractivity contribution >= 4 is 28.8 Å². The van der Waals surface area contributed by atoms with Gasteiger partial charge in [-0.1, -0.05) is 66.5 Å². The minimum atomic E-state index is -4.51. The van der Waals surface area contributed by atoms with E-state index < -0.39 is 23.7 Å².